The van der Waals surface area contributed by atoms with E-state index in [1.807, 2.05) is 0 Å². The number of ketones is 1. The van der Waals surface area contributed by atoms with Crippen LogP contribution in [0.5, 0.6) is 5.75 Å². The number of benzene rings is 2. The van der Waals surface area contributed by atoms with Crippen LogP contribution in [0.15, 0.2) is 42.5 Å². The molecule has 156 valence electrons. The maximum Gasteiger partial charge on any atom is 0.338 e. The molecule has 2 aromatic carbocycles. The van der Waals surface area contributed by atoms with E-state index < -0.39 is 5.97 Å². The highest BCUT2D eigenvalue weighted by molar-refractivity contribution is 6.05. The minimum absolute atomic E-state index is 0.0933. The Balaban J connectivity index is 1.30. The van der Waals surface area contributed by atoms with Crippen molar-refractivity contribution in [3.63, 3.8) is 0 Å². The van der Waals surface area contributed by atoms with E-state index in [0.717, 1.165) is 25.0 Å². The van der Waals surface area contributed by atoms with Crippen LogP contribution >= 0.6 is 0 Å². The second kappa shape index (κ2) is 8.67. The molecule has 0 aromatic heterocycles. The number of carbonyl (C=O) groups is 3. The van der Waals surface area contributed by atoms with Gasteiger partial charge in [0, 0.05) is 17.9 Å². The fraction of sp³-hybridized carbons (Fsp3) is 0.348. The summed E-state index contributed by atoms with van der Waals surface area (Å²) in [6.07, 6.45) is 2.17. The maximum absolute atomic E-state index is 12.4. The highest BCUT2D eigenvalue weighted by Crippen LogP contribution is 2.32. The number of esters is 1. The van der Waals surface area contributed by atoms with Crippen molar-refractivity contribution >= 4 is 23.3 Å². The van der Waals surface area contributed by atoms with Crippen molar-refractivity contribution in [2.75, 3.05) is 25.1 Å². The number of ether oxygens (including phenoxy) is 3. The second-order valence-electron chi connectivity index (χ2n) is 7.48. The first-order chi connectivity index (χ1) is 14.5. The molecular formula is C23H23NO6. The van der Waals surface area contributed by atoms with Gasteiger partial charge in [0.2, 0.25) is 5.91 Å². The lowest BCUT2D eigenvalue weighted by Crippen LogP contribution is -2.16. The Morgan fingerprint density at radius 1 is 1.13 bits per heavy atom. The van der Waals surface area contributed by atoms with Crippen LogP contribution in [0.1, 0.15) is 52.0 Å². The third-order valence-corrected chi connectivity index (χ3v) is 5.38. The lowest BCUT2D eigenvalue weighted by Gasteiger charge is -2.11. The largest absolute Gasteiger partial charge is 0.491 e. The molecule has 1 saturated heterocycles. The normalized spacial score (nSPS) is 19.8. The highest BCUT2D eigenvalue weighted by Gasteiger charge is 2.27. The zero-order chi connectivity index (χ0) is 21.1. The number of rotatable bonds is 7. The van der Waals surface area contributed by atoms with Gasteiger partial charge in [0.1, 0.15) is 12.4 Å². The number of Topliss-reactive ketones (excluding diaryl/α,β-unsaturated/α-hetero) is 1. The van der Waals surface area contributed by atoms with Crippen molar-refractivity contribution in [1.29, 1.82) is 0 Å². The Morgan fingerprint density at radius 3 is 2.63 bits per heavy atom. The molecule has 2 heterocycles. The van der Waals surface area contributed by atoms with Crippen molar-refractivity contribution in [1.82, 2.24) is 0 Å². The molecular weight excluding hydrogens is 386 g/mol. The van der Waals surface area contributed by atoms with Gasteiger partial charge in [-0.1, -0.05) is 0 Å². The molecule has 7 heteroatoms. The average Bonchev–Trinajstić information content (AvgIpc) is 3.38. The van der Waals surface area contributed by atoms with Gasteiger partial charge in [0.15, 0.2) is 12.4 Å². The summed E-state index contributed by atoms with van der Waals surface area (Å²) in [6.45, 7) is 2.67. The van der Waals surface area contributed by atoms with E-state index in [4.69, 9.17) is 14.2 Å². The van der Waals surface area contributed by atoms with Crippen LogP contribution in [-0.4, -0.2) is 43.6 Å². The number of carbonyl (C=O) groups excluding carboxylic acids is 3. The molecule has 2 atom stereocenters. The van der Waals surface area contributed by atoms with E-state index in [1.165, 1.54) is 0 Å². The van der Waals surface area contributed by atoms with Crippen LogP contribution in [0, 0.1) is 0 Å². The van der Waals surface area contributed by atoms with Crippen molar-refractivity contribution in [3.8, 4) is 5.75 Å². The molecule has 0 unspecified atom stereocenters. The van der Waals surface area contributed by atoms with E-state index in [9.17, 15) is 14.4 Å². The van der Waals surface area contributed by atoms with Crippen LogP contribution in [0.3, 0.4) is 0 Å². The van der Waals surface area contributed by atoms with Crippen LogP contribution in [0.25, 0.3) is 0 Å². The Hall–Kier alpha value is -3.19. The fourth-order valence-corrected chi connectivity index (χ4v) is 3.54. The molecule has 7 nitrogen and oxygen atoms in total. The molecule has 1 N–H and O–H groups in total. The first kappa shape index (κ1) is 20.1. The number of amides is 1. The molecule has 0 spiro atoms. The third-order valence-electron chi connectivity index (χ3n) is 5.38. The van der Waals surface area contributed by atoms with Gasteiger partial charge in [-0.3, -0.25) is 9.59 Å². The predicted octanol–water partition coefficient (Wildman–Crippen LogP) is 3.34. The molecule has 0 bridgehead atoms. The van der Waals surface area contributed by atoms with Crippen LogP contribution < -0.4 is 10.1 Å². The number of hydrogen-bond donors (Lipinski definition) is 1. The second-order valence-corrected chi connectivity index (χ2v) is 7.48. The van der Waals surface area contributed by atoms with Gasteiger partial charge >= 0.3 is 5.97 Å². The molecule has 2 aliphatic rings. The summed E-state index contributed by atoms with van der Waals surface area (Å²) in [5.41, 5.74) is 2.23. The van der Waals surface area contributed by atoms with Gasteiger partial charge in [-0.2, -0.15) is 0 Å². The first-order valence-electron chi connectivity index (χ1n) is 10.0. The van der Waals surface area contributed by atoms with E-state index >= 15 is 0 Å². The molecule has 0 aliphatic carbocycles. The van der Waals surface area contributed by atoms with Crippen molar-refractivity contribution in [2.24, 2.45) is 0 Å². The smallest absolute Gasteiger partial charge is 0.338 e. The summed E-state index contributed by atoms with van der Waals surface area (Å²) in [6, 6.07) is 11.6. The van der Waals surface area contributed by atoms with Gasteiger partial charge in [0.25, 0.3) is 0 Å². The minimum Gasteiger partial charge on any atom is -0.491 e. The van der Waals surface area contributed by atoms with Crippen LogP contribution in [0.2, 0.25) is 0 Å². The lowest BCUT2D eigenvalue weighted by atomic mass is 9.99. The minimum atomic E-state index is -0.583. The Kier molecular flexibility index (Phi) is 5.81. The van der Waals surface area contributed by atoms with Crippen LogP contribution in [-0.2, 0) is 14.3 Å². The topological polar surface area (TPSA) is 90.9 Å². The van der Waals surface area contributed by atoms with Crippen molar-refractivity contribution in [2.45, 2.75) is 31.8 Å². The molecule has 30 heavy (non-hydrogen) atoms. The fourth-order valence-electron chi connectivity index (χ4n) is 3.54. The van der Waals surface area contributed by atoms with E-state index in [0.29, 0.717) is 29.2 Å². The Labute approximate surface area is 174 Å². The molecule has 0 saturated carbocycles. The number of nitrogens with one attached hydrogen (secondary N) is 1. The molecule has 2 aliphatic heterocycles. The summed E-state index contributed by atoms with van der Waals surface area (Å²) in [5.74, 6) is -0.663. The van der Waals surface area contributed by atoms with E-state index in [-0.39, 0.29) is 30.3 Å². The zero-order valence-corrected chi connectivity index (χ0v) is 16.7. The maximum atomic E-state index is 12.4. The zero-order valence-electron chi connectivity index (χ0n) is 16.7. The molecule has 0 radical (unpaired) electrons. The quantitative estimate of drug-likeness (QED) is 0.557. The number of anilines is 1. The number of hydrogen-bond acceptors (Lipinski definition) is 6. The molecule has 1 fully saturated rings. The molecule has 1 amide bonds. The summed E-state index contributed by atoms with van der Waals surface area (Å²) in [5, 5.41) is 2.76. The lowest BCUT2D eigenvalue weighted by molar-refractivity contribution is -0.116. The van der Waals surface area contributed by atoms with Gasteiger partial charge in [-0.05, 0) is 67.8 Å². The van der Waals surface area contributed by atoms with Crippen molar-refractivity contribution < 1.29 is 28.6 Å². The number of fused-ring (bicyclic) bond motifs is 1. The predicted molar refractivity (Wildman–Crippen MR) is 109 cm³/mol. The highest BCUT2D eigenvalue weighted by atomic mass is 16.5. The van der Waals surface area contributed by atoms with E-state index in [2.05, 4.69) is 5.32 Å². The van der Waals surface area contributed by atoms with Gasteiger partial charge in [-0.15, -0.1) is 0 Å². The standard InChI is InChI=1S/C23H23NO6/c1-14-19-11-16(6-9-20(19)24-22(14)26)21(25)13-30-23(27)15-4-7-17(8-5-15)29-12-18-3-2-10-28-18/h4-9,11,14,18H,2-3,10,12-13H2,1H3,(H,24,26)/t14-,18+/m1/s1. The molecule has 4 rings (SSSR count). The SMILES string of the molecule is C[C@H]1C(=O)Nc2ccc(C(=O)COC(=O)c3ccc(OC[C@@H]4CCCO4)cc3)cc21. The van der Waals surface area contributed by atoms with E-state index in [1.54, 1.807) is 49.4 Å². The summed E-state index contributed by atoms with van der Waals surface area (Å²) >= 11 is 0. The monoisotopic (exact) mass is 409 g/mol. The Bertz CT molecular complexity index is 962. The summed E-state index contributed by atoms with van der Waals surface area (Å²) in [4.78, 5) is 36.4. The summed E-state index contributed by atoms with van der Waals surface area (Å²) < 4.78 is 16.3. The summed E-state index contributed by atoms with van der Waals surface area (Å²) in [7, 11) is 0. The van der Waals surface area contributed by atoms with Gasteiger partial charge in [0.05, 0.1) is 17.6 Å². The third kappa shape index (κ3) is 4.36. The Morgan fingerprint density at radius 2 is 1.90 bits per heavy atom. The first-order valence-corrected chi connectivity index (χ1v) is 10.0. The van der Waals surface area contributed by atoms with Gasteiger partial charge in [-0.25, -0.2) is 4.79 Å². The van der Waals surface area contributed by atoms with Gasteiger partial charge < -0.3 is 19.5 Å². The van der Waals surface area contributed by atoms with Crippen LogP contribution in [0.4, 0.5) is 5.69 Å². The van der Waals surface area contributed by atoms with Crippen molar-refractivity contribution in [3.05, 3.63) is 59.2 Å². The molecule has 2 aromatic rings. The average molecular weight is 409 g/mol.